The summed E-state index contributed by atoms with van der Waals surface area (Å²) in [5.41, 5.74) is 0. The molecule has 0 aromatic carbocycles. The second-order valence-corrected chi connectivity index (χ2v) is 14.6. The number of carbonyl (C=O) groups excluding carboxylic acids is 2. The van der Waals surface area contributed by atoms with E-state index < -0.39 is 36.0 Å². The summed E-state index contributed by atoms with van der Waals surface area (Å²) in [6.07, 6.45) is 1.93. The van der Waals surface area contributed by atoms with Gasteiger partial charge in [-0.15, -0.1) is 6.58 Å². The van der Waals surface area contributed by atoms with Gasteiger partial charge in [-0.05, 0) is 19.4 Å². The van der Waals surface area contributed by atoms with Crippen molar-refractivity contribution in [3.05, 3.63) is 12.7 Å². The molecule has 0 bridgehead atoms. The van der Waals surface area contributed by atoms with Crippen LogP contribution in [0.5, 0.6) is 0 Å². The molecular formula is C15H27NO5SSi. The second-order valence-electron chi connectivity index (χ2n) is 6.97. The minimum absolute atomic E-state index is 0.0301. The number of esters is 1. The summed E-state index contributed by atoms with van der Waals surface area (Å²) < 4.78 is 31.3. The van der Waals surface area contributed by atoms with Gasteiger partial charge < -0.3 is 4.74 Å². The van der Waals surface area contributed by atoms with Gasteiger partial charge >= 0.3 is 5.97 Å². The molecule has 0 amide bonds. The average Bonchev–Trinajstić information content (AvgIpc) is 2.75. The van der Waals surface area contributed by atoms with Crippen LogP contribution in [-0.4, -0.2) is 57.5 Å². The molecule has 2 atom stereocenters. The topological polar surface area (TPSA) is 80.8 Å². The number of ketones is 1. The zero-order valence-electron chi connectivity index (χ0n) is 14.4. The zero-order chi connectivity index (χ0) is 17.8. The Morgan fingerprint density at radius 2 is 2.04 bits per heavy atom. The molecule has 8 heteroatoms. The van der Waals surface area contributed by atoms with Gasteiger partial charge in [0.2, 0.25) is 10.0 Å². The molecule has 0 saturated carbocycles. The molecule has 1 saturated heterocycles. The van der Waals surface area contributed by atoms with Gasteiger partial charge in [-0.2, -0.15) is 4.31 Å². The zero-order valence-corrected chi connectivity index (χ0v) is 16.2. The number of hydrogen-bond acceptors (Lipinski definition) is 5. The highest BCUT2D eigenvalue weighted by Crippen LogP contribution is 2.28. The molecule has 0 aromatic rings. The lowest BCUT2D eigenvalue weighted by Gasteiger charge is -2.23. The number of hydrogen-bond donors (Lipinski definition) is 0. The first kappa shape index (κ1) is 20.1. The fraction of sp³-hybridized carbons (Fsp3) is 0.733. The number of allylic oxidation sites excluding steroid dienone is 1. The van der Waals surface area contributed by atoms with E-state index in [1.165, 1.54) is 0 Å². The molecule has 23 heavy (non-hydrogen) atoms. The van der Waals surface area contributed by atoms with Gasteiger partial charge in [-0.25, -0.2) is 13.2 Å². The third kappa shape index (κ3) is 5.25. The normalized spacial score (nSPS) is 23.0. The van der Waals surface area contributed by atoms with Crippen LogP contribution in [0.3, 0.4) is 0 Å². The van der Waals surface area contributed by atoms with E-state index in [1.807, 2.05) is 0 Å². The molecule has 0 aliphatic carbocycles. The highest BCUT2D eigenvalue weighted by molar-refractivity contribution is 7.89. The molecule has 132 valence electrons. The lowest BCUT2D eigenvalue weighted by Crippen LogP contribution is -2.46. The van der Waals surface area contributed by atoms with Crippen LogP contribution in [0.25, 0.3) is 0 Å². The van der Waals surface area contributed by atoms with Gasteiger partial charge in [0, 0.05) is 20.5 Å². The lowest BCUT2D eigenvalue weighted by molar-refractivity contribution is -0.149. The number of Topliss-reactive ketones (excluding diaryl/α,β-unsaturated/α-hetero) is 1. The van der Waals surface area contributed by atoms with Crippen LogP contribution in [0.15, 0.2) is 12.7 Å². The standard InChI is InChI=1S/C15H27NO5SSi/c1-6-8-12-11-16(13(14(12)17)15(18)21-7-2)22(19,20)9-10-23(3,4)5/h6,12-13H,1,7-11H2,2-5H3. The minimum Gasteiger partial charge on any atom is -0.464 e. The molecule has 1 aliphatic heterocycles. The van der Waals surface area contributed by atoms with Crippen molar-refractivity contribution in [3.63, 3.8) is 0 Å². The summed E-state index contributed by atoms with van der Waals surface area (Å²) in [7, 11) is -5.23. The molecule has 1 heterocycles. The van der Waals surface area contributed by atoms with Crippen molar-refractivity contribution in [2.75, 3.05) is 18.9 Å². The predicted octanol–water partition coefficient (Wildman–Crippen LogP) is 1.66. The number of rotatable bonds is 8. The first-order valence-corrected chi connectivity index (χ1v) is 13.2. The van der Waals surface area contributed by atoms with Crippen molar-refractivity contribution in [3.8, 4) is 0 Å². The van der Waals surface area contributed by atoms with Crippen LogP contribution in [0.2, 0.25) is 25.7 Å². The van der Waals surface area contributed by atoms with Gasteiger partial charge in [0.15, 0.2) is 11.8 Å². The molecule has 1 aliphatic rings. The molecule has 2 unspecified atom stereocenters. The third-order valence-corrected chi connectivity index (χ3v) is 7.70. The van der Waals surface area contributed by atoms with Gasteiger partial charge in [-0.1, -0.05) is 25.7 Å². The summed E-state index contributed by atoms with van der Waals surface area (Å²) in [6, 6.07) is -0.756. The molecule has 0 N–H and O–H groups in total. The Balaban J connectivity index is 3.05. The fourth-order valence-electron chi connectivity index (χ4n) is 2.45. The van der Waals surface area contributed by atoms with E-state index in [0.29, 0.717) is 12.5 Å². The van der Waals surface area contributed by atoms with Crippen molar-refractivity contribution >= 4 is 29.8 Å². The number of carbonyl (C=O) groups is 2. The quantitative estimate of drug-likeness (QED) is 0.284. The van der Waals surface area contributed by atoms with Crippen LogP contribution in [0.4, 0.5) is 0 Å². The number of nitrogens with zero attached hydrogens (tertiary/aromatic N) is 1. The first-order chi connectivity index (χ1) is 10.5. The predicted molar refractivity (Wildman–Crippen MR) is 92.4 cm³/mol. The monoisotopic (exact) mass is 361 g/mol. The number of sulfonamides is 1. The Labute approximate surface area is 139 Å². The maximum Gasteiger partial charge on any atom is 0.332 e. The van der Waals surface area contributed by atoms with E-state index in [9.17, 15) is 18.0 Å². The third-order valence-electron chi connectivity index (χ3n) is 3.79. The molecule has 1 fully saturated rings. The van der Waals surface area contributed by atoms with Crippen molar-refractivity contribution in [1.29, 1.82) is 0 Å². The fourth-order valence-corrected chi connectivity index (χ4v) is 7.09. The van der Waals surface area contributed by atoms with Gasteiger partial charge in [0.25, 0.3) is 0 Å². The van der Waals surface area contributed by atoms with Gasteiger partial charge in [-0.3, -0.25) is 4.79 Å². The maximum absolute atomic E-state index is 12.7. The molecule has 0 spiro atoms. The Morgan fingerprint density at radius 1 is 1.43 bits per heavy atom. The average molecular weight is 362 g/mol. The van der Waals surface area contributed by atoms with E-state index in [4.69, 9.17) is 4.74 Å². The van der Waals surface area contributed by atoms with E-state index in [1.54, 1.807) is 13.0 Å². The smallest absolute Gasteiger partial charge is 0.332 e. The Bertz CT molecular complexity index is 567. The Morgan fingerprint density at radius 3 is 2.52 bits per heavy atom. The van der Waals surface area contributed by atoms with Crippen LogP contribution in [-0.2, 0) is 24.3 Å². The van der Waals surface area contributed by atoms with E-state index >= 15 is 0 Å². The summed E-state index contributed by atoms with van der Waals surface area (Å²) in [4.78, 5) is 24.5. The summed E-state index contributed by atoms with van der Waals surface area (Å²) in [5, 5.41) is 0. The van der Waals surface area contributed by atoms with E-state index in [0.717, 1.165) is 4.31 Å². The summed E-state index contributed by atoms with van der Waals surface area (Å²) >= 11 is 0. The number of ether oxygens (including phenoxy) is 1. The highest BCUT2D eigenvalue weighted by atomic mass is 32.2. The maximum atomic E-state index is 12.7. The molecule has 0 aromatic heterocycles. The van der Waals surface area contributed by atoms with Crippen LogP contribution < -0.4 is 0 Å². The molecule has 0 radical (unpaired) electrons. The highest BCUT2D eigenvalue weighted by Gasteiger charge is 2.50. The largest absolute Gasteiger partial charge is 0.464 e. The second kappa shape index (κ2) is 7.72. The van der Waals surface area contributed by atoms with Crippen LogP contribution >= 0.6 is 0 Å². The summed E-state index contributed by atoms with van der Waals surface area (Å²) in [5.74, 6) is -1.73. The Kier molecular flexibility index (Phi) is 6.73. The Hall–Kier alpha value is -0.993. The SMILES string of the molecule is C=CCC1CN(S(=O)(=O)CC[Si](C)(C)C)C(C(=O)OCC)C1=O. The lowest BCUT2D eigenvalue weighted by atomic mass is 10.0. The van der Waals surface area contributed by atoms with Gasteiger partial charge in [0.05, 0.1) is 12.4 Å². The van der Waals surface area contributed by atoms with E-state index in [-0.39, 0.29) is 24.7 Å². The minimum atomic E-state index is -3.68. The van der Waals surface area contributed by atoms with Crippen LogP contribution in [0, 0.1) is 5.92 Å². The van der Waals surface area contributed by atoms with E-state index in [2.05, 4.69) is 26.2 Å². The van der Waals surface area contributed by atoms with Gasteiger partial charge in [0.1, 0.15) is 0 Å². The van der Waals surface area contributed by atoms with Crippen molar-refractivity contribution in [1.82, 2.24) is 4.31 Å². The van der Waals surface area contributed by atoms with Crippen molar-refractivity contribution in [2.24, 2.45) is 5.92 Å². The first-order valence-electron chi connectivity index (χ1n) is 7.84. The molecule has 6 nitrogen and oxygen atoms in total. The molecular weight excluding hydrogens is 334 g/mol. The van der Waals surface area contributed by atoms with Crippen LogP contribution in [0.1, 0.15) is 13.3 Å². The molecule has 1 rings (SSSR count). The van der Waals surface area contributed by atoms with Crippen molar-refractivity contribution in [2.45, 2.75) is 45.1 Å². The van der Waals surface area contributed by atoms with Crippen molar-refractivity contribution < 1.29 is 22.7 Å². The summed E-state index contributed by atoms with van der Waals surface area (Å²) in [6.45, 7) is 11.6.